The van der Waals surface area contributed by atoms with Crippen LogP contribution in [0.15, 0.2) is 12.4 Å². The first kappa shape index (κ1) is 6.29. The summed E-state index contributed by atoms with van der Waals surface area (Å²) in [6.07, 6.45) is 2.41. The Bertz CT molecular complexity index is 206. The zero-order valence-electron chi connectivity index (χ0n) is 4.44. The van der Waals surface area contributed by atoms with E-state index in [-0.39, 0.29) is 10.7 Å². The van der Waals surface area contributed by atoms with Crippen LogP contribution in [0.2, 0.25) is 5.02 Å². The highest BCUT2D eigenvalue weighted by molar-refractivity contribution is 6.30. The van der Waals surface area contributed by atoms with Gasteiger partial charge in [0.15, 0.2) is 5.82 Å². The summed E-state index contributed by atoms with van der Waals surface area (Å²) >= 11 is 5.30. The van der Waals surface area contributed by atoms with Crippen LogP contribution in [0.5, 0.6) is 0 Å². The second-order valence-corrected chi connectivity index (χ2v) is 1.93. The maximum atomic E-state index is 12.4. The highest BCUT2D eigenvalue weighted by Crippen LogP contribution is 2.16. The predicted octanol–water partition coefficient (Wildman–Crippen LogP) is 1.46. The van der Waals surface area contributed by atoms with Crippen LogP contribution in [0.4, 0.5) is 10.1 Å². The lowest BCUT2D eigenvalue weighted by Gasteiger charge is -1.94. The number of anilines is 1. The van der Waals surface area contributed by atoms with Crippen molar-refractivity contribution in [2.45, 2.75) is 0 Å². The van der Waals surface area contributed by atoms with Crippen LogP contribution in [0.1, 0.15) is 0 Å². The molecule has 0 saturated heterocycles. The van der Waals surface area contributed by atoms with Gasteiger partial charge in [-0.25, -0.2) is 4.39 Å². The van der Waals surface area contributed by atoms with E-state index in [1.807, 2.05) is 0 Å². The Labute approximate surface area is 56.5 Å². The summed E-state index contributed by atoms with van der Waals surface area (Å²) < 4.78 is 12.4. The molecule has 0 unspecified atom stereocenters. The number of hydrogen-bond donors (Lipinski definition) is 1. The Hall–Kier alpha value is -0.830. The van der Waals surface area contributed by atoms with Gasteiger partial charge in [0.05, 0.1) is 16.9 Å². The maximum Gasteiger partial charge on any atom is 0.167 e. The third kappa shape index (κ3) is 1.10. The average molecular weight is 147 g/mol. The Morgan fingerprint density at radius 1 is 1.56 bits per heavy atom. The molecule has 1 aromatic rings. The lowest BCUT2D eigenvalue weighted by molar-refractivity contribution is 0.631. The number of nitrogens with zero attached hydrogens (tertiary/aromatic N) is 1. The Morgan fingerprint density at radius 2 is 2.22 bits per heavy atom. The monoisotopic (exact) mass is 146 g/mol. The summed E-state index contributed by atoms with van der Waals surface area (Å²) in [6, 6.07) is 0. The first-order chi connectivity index (χ1) is 4.22. The van der Waals surface area contributed by atoms with Gasteiger partial charge in [-0.2, -0.15) is 0 Å². The van der Waals surface area contributed by atoms with Crippen LogP contribution in [0.3, 0.4) is 0 Å². The van der Waals surface area contributed by atoms with E-state index in [4.69, 9.17) is 17.3 Å². The van der Waals surface area contributed by atoms with Crippen molar-refractivity contribution in [3.8, 4) is 0 Å². The van der Waals surface area contributed by atoms with Gasteiger partial charge in [0.25, 0.3) is 0 Å². The molecule has 1 heterocycles. The van der Waals surface area contributed by atoms with E-state index in [0.717, 1.165) is 0 Å². The molecule has 2 N–H and O–H groups in total. The zero-order chi connectivity index (χ0) is 6.85. The van der Waals surface area contributed by atoms with Gasteiger partial charge >= 0.3 is 0 Å². The van der Waals surface area contributed by atoms with E-state index in [1.165, 1.54) is 12.4 Å². The molecule has 0 atom stereocenters. The number of hydrogen-bond acceptors (Lipinski definition) is 2. The van der Waals surface area contributed by atoms with Crippen LogP contribution in [-0.2, 0) is 0 Å². The quantitative estimate of drug-likeness (QED) is 0.602. The summed E-state index contributed by atoms with van der Waals surface area (Å²) in [7, 11) is 0. The zero-order valence-corrected chi connectivity index (χ0v) is 5.19. The minimum Gasteiger partial charge on any atom is -0.395 e. The van der Waals surface area contributed by atoms with Crippen molar-refractivity contribution in [1.29, 1.82) is 0 Å². The van der Waals surface area contributed by atoms with Crippen molar-refractivity contribution in [2.75, 3.05) is 5.73 Å². The van der Waals surface area contributed by atoms with Crippen LogP contribution >= 0.6 is 11.6 Å². The van der Waals surface area contributed by atoms with Gasteiger partial charge in [-0.05, 0) is 0 Å². The van der Waals surface area contributed by atoms with Crippen LogP contribution in [0.25, 0.3) is 0 Å². The largest absolute Gasteiger partial charge is 0.395 e. The molecule has 0 saturated carbocycles. The van der Waals surface area contributed by atoms with Crippen molar-refractivity contribution in [3.05, 3.63) is 23.2 Å². The minimum absolute atomic E-state index is 0.0255. The van der Waals surface area contributed by atoms with Crippen molar-refractivity contribution in [1.82, 2.24) is 4.98 Å². The molecule has 0 aliphatic heterocycles. The number of rotatable bonds is 0. The van der Waals surface area contributed by atoms with Crippen LogP contribution in [-0.4, -0.2) is 4.98 Å². The van der Waals surface area contributed by atoms with Crippen molar-refractivity contribution < 1.29 is 4.39 Å². The molecule has 1 rings (SSSR count). The molecule has 0 fully saturated rings. The lowest BCUT2D eigenvalue weighted by Crippen LogP contribution is -1.91. The fraction of sp³-hybridized carbons (Fsp3) is 0. The second kappa shape index (κ2) is 2.19. The summed E-state index contributed by atoms with van der Waals surface area (Å²) in [6.45, 7) is 0. The van der Waals surface area contributed by atoms with Crippen molar-refractivity contribution in [2.24, 2.45) is 0 Å². The molecule has 1 aromatic heterocycles. The molecule has 4 heteroatoms. The molecular formula is C5H4ClFN2. The van der Waals surface area contributed by atoms with Gasteiger partial charge in [-0.15, -0.1) is 0 Å². The molecule has 0 spiro atoms. The number of aromatic nitrogens is 1. The number of nitrogens with two attached hydrogens (primary N) is 1. The number of nitrogen functional groups attached to an aromatic ring is 1. The van der Waals surface area contributed by atoms with E-state index >= 15 is 0 Å². The summed E-state index contributed by atoms with van der Waals surface area (Å²) in [5.41, 5.74) is 5.07. The molecule has 9 heavy (non-hydrogen) atoms. The highest BCUT2D eigenvalue weighted by atomic mass is 35.5. The third-order valence-electron chi connectivity index (χ3n) is 0.865. The normalized spacial score (nSPS) is 9.56. The van der Waals surface area contributed by atoms with E-state index in [0.29, 0.717) is 0 Å². The lowest BCUT2D eigenvalue weighted by atomic mass is 10.4. The van der Waals surface area contributed by atoms with Crippen molar-refractivity contribution >= 4 is 17.3 Å². The van der Waals surface area contributed by atoms with Gasteiger partial charge in [0, 0.05) is 6.20 Å². The fourth-order valence-electron chi connectivity index (χ4n) is 0.434. The third-order valence-corrected chi connectivity index (χ3v) is 1.13. The Balaban J connectivity index is 3.25. The summed E-state index contributed by atoms with van der Waals surface area (Å²) in [5.74, 6) is -0.605. The smallest absolute Gasteiger partial charge is 0.167 e. The van der Waals surface area contributed by atoms with Gasteiger partial charge in [0.1, 0.15) is 0 Å². The predicted molar refractivity (Wildman–Crippen MR) is 33.6 cm³/mol. The average Bonchev–Trinajstić information content (AvgIpc) is 1.83. The Kier molecular flexibility index (Phi) is 1.53. The number of pyridine rings is 1. The van der Waals surface area contributed by atoms with E-state index in [9.17, 15) is 4.39 Å². The second-order valence-electron chi connectivity index (χ2n) is 1.52. The molecule has 2 nitrogen and oxygen atoms in total. The maximum absolute atomic E-state index is 12.4. The molecule has 0 radical (unpaired) electrons. The molecule has 0 aromatic carbocycles. The van der Waals surface area contributed by atoms with Gasteiger partial charge in [-0.1, -0.05) is 11.6 Å². The minimum atomic E-state index is -0.605. The van der Waals surface area contributed by atoms with Crippen LogP contribution < -0.4 is 5.73 Å². The van der Waals surface area contributed by atoms with Crippen LogP contribution in [0, 0.1) is 5.82 Å². The van der Waals surface area contributed by atoms with Gasteiger partial charge < -0.3 is 5.73 Å². The highest BCUT2D eigenvalue weighted by Gasteiger charge is 2.00. The van der Waals surface area contributed by atoms with E-state index in [2.05, 4.69) is 4.98 Å². The molecule has 0 aliphatic rings. The Morgan fingerprint density at radius 3 is 2.67 bits per heavy atom. The molecule has 48 valence electrons. The molecule has 0 aliphatic carbocycles. The topological polar surface area (TPSA) is 38.9 Å². The summed E-state index contributed by atoms with van der Waals surface area (Å²) in [4.78, 5) is 3.55. The molecular weight excluding hydrogens is 143 g/mol. The first-order valence-corrected chi connectivity index (χ1v) is 2.64. The first-order valence-electron chi connectivity index (χ1n) is 2.26. The fourth-order valence-corrected chi connectivity index (χ4v) is 0.600. The molecule has 0 bridgehead atoms. The van der Waals surface area contributed by atoms with Gasteiger partial charge in [-0.3, -0.25) is 4.98 Å². The molecule has 0 amide bonds. The number of halogens is 2. The van der Waals surface area contributed by atoms with E-state index < -0.39 is 5.82 Å². The van der Waals surface area contributed by atoms with E-state index in [1.54, 1.807) is 0 Å². The standard InChI is InChI=1S/C5H4ClFN2/c6-3-1-9-2-4(8)5(3)7/h1-2H,8H2. The summed E-state index contributed by atoms with van der Waals surface area (Å²) in [5, 5.41) is -0.0463. The van der Waals surface area contributed by atoms with Gasteiger partial charge in [0.2, 0.25) is 0 Å². The van der Waals surface area contributed by atoms with Crippen molar-refractivity contribution in [3.63, 3.8) is 0 Å². The SMILES string of the molecule is Nc1cncc(Cl)c1F.